The van der Waals surface area contributed by atoms with E-state index < -0.39 is 11.7 Å². The van der Waals surface area contributed by atoms with Crippen molar-refractivity contribution in [3.63, 3.8) is 0 Å². The average Bonchev–Trinajstić information content (AvgIpc) is 2.88. The summed E-state index contributed by atoms with van der Waals surface area (Å²) in [6.45, 7) is 0.00518. The number of halogens is 2. The van der Waals surface area contributed by atoms with Gasteiger partial charge in [-0.25, -0.2) is 10.2 Å². The van der Waals surface area contributed by atoms with E-state index in [1.807, 2.05) is 5.43 Å². The number of carbonyl (C=O) groups is 1. The number of nitrogens with two attached hydrogens (primary N) is 1. The Bertz CT molecular complexity index is 600. The normalized spacial score (nSPS) is 10.3. The van der Waals surface area contributed by atoms with Crippen molar-refractivity contribution in [3.8, 4) is 5.75 Å². The summed E-state index contributed by atoms with van der Waals surface area (Å²) in [7, 11) is 0. The first-order valence-electron chi connectivity index (χ1n) is 5.26. The minimum Gasteiger partial charge on any atom is -0.483 e. The van der Waals surface area contributed by atoms with E-state index in [4.69, 9.17) is 15.0 Å². The largest absolute Gasteiger partial charge is 0.483 e. The van der Waals surface area contributed by atoms with Crippen molar-refractivity contribution in [2.75, 3.05) is 0 Å². The van der Waals surface area contributed by atoms with E-state index >= 15 is 0 Å². The van der Waals surface area contributed by atoms with Crippen molar-refractivity contribution >= 4 is 21.8 Å². The number of nitrogens with one attached hydrogen (secondary N) is 1. The predicted molar refractivity (Wildman–Crippen MR) is 68.8 cm³/mol. The quantitative estimate of drug-likeness (QED) is 0.513. The Hall–Kier alpha value is -1.86. The van der Waals surface area contributed by atoms with E-state index in [1.165, 1.54) is 24.5 Å². The van der Waals surface area contributed by atoms with Crippen LogP contribution in [0.2, 0.25) is 0 Å². The molecule has 1 amide bonds. The van der Waals surface area contributed by atoms with Crippen LogP contribution in [-0.2, 0) is 6.61 Å². The van der Waals surface area contributed by atoms with E-state index in [0.29, 0.717) is 10.2 Å². The molecule has 3 N–H and O–H groups in total. The lowest BCUT2D eigenvalue weighted by molar-refractivity contribution is 0.0953. The molecule has 0 aliphatic heterocycles. The zero-order valence-corrected chi connectivity index (χ0v) is 11.2. The third kappa shape index (κ3) is 3.33. The summed E-state index contributed by atoms with van der Waals surface area (Å²) in [6, 6.07) is 5.83. The highest BCUT2D eigenvalue weighted by molar-refractivity contribution is 9.10. The molecule has 0 aliphatic rings. The van der Waals surface area contributed by atoms with Crippen molar-refractivity contribution in [1.82, 2.24) is 5.43 Å². The highest BCUT2D eigenvalue weighted by Crippen LogP contribution is 2.23. The minimum atomic E-state index is -0.477. The number of nitrogen functional groups attached to an aromatic ring is 1. The van der Waals surface area contributed by atoms with Gasteiger partial charge in [0.25, 0.3) is 5.91 Å². The maximum atomic E-state index is 13.4. The van der Waals surface area contributed by atoms with Gasteiger partial charge in [0.1, 0.15) is 18.6 Å². The number of benzene rings is 1. The molecule has 1 aromatic heterocycles. The van der Waals surface area contributed by atoms with Gasteiger partial charge in [0.15, 0.2) is 11.6 Å². The third-order valence-corrected chi connectivity index (χ3v) is 2.80. The van der Waals surface area contributed by atoms with E-state index in [1.54, 1.807) is 6.07 Å². The molecule has 0 radical (unpaired) electrons. The number of carbonyl (C=O) groups excluding carboxylic acids is 1. The van der Waals surface area contributed by atoms with Crippen molar-refractivity contribution in [3.05, 3.63) is 52.1 Å². The molecule has 5 nitrogen and oxygen atoms in total. The maximum Gasteiger partial charge on any atom is 0.268 e. The fourth-order valence-corrected chi connectivity index (χ4v) is 1.74. The minimum absolute atomic E-state index is 0.00518. The fraction of sp³-hybridized carbons (Fsp3) is 0.0833. The topological polar surface area (TPSA) is 77.5 Å². The second-order valence-corrected chi connectivity index (χ2v) is 4.55. The molecule has 0 atom stereocenters. The van der Waals surface area contributed by atoms with Crippen LogP contribution in [0.1, 0.15) is 16.1 Å². The monoisotopic (exact) mass is 328 g/mol. The smallest absolute Gasteiger partial charge is 0.268 e. The number of ether oxygens (including phenoxy) is 1. The Morgan fingerprint density at radius 2 is 2.26 bits per heavy atom. The molecule has 0 saturated heterocycles. The summed E-state index contributed by atoms with van der Waals surface area (Å²) in [5, 5.41) is 0. The number of hydrazine groups is 1. The van der Waals surface area contributed by atoms with E-state index in [9.17, 15) is 9.18 Å². The van der Waals surface area contributed by atoms with Gasteiger partial charge in [-0.3, -0.25) is 10.2 Å². The van der Waals surface area contributed by atoms with E-state index in [2.05, 4.69) is 15.9 Å². The van der Waals surface area contributed by atoms with Crippen molar-refractivity contribution in [2.24, 2.45) is 5.84 Å². The fourth-order valence-electron chi connectivity index (χ4n) is 1.40. The molecule has 2 rings (SSSR count). The third-order valence-electron chi connectivity index (χ3n) is 2.31. The van der Waals surface area contributed by atoms with Crippen LogP contribution >= 0.6 is 15.9 Å². The molecule has 0 aliphatic carbocycles. The summed E-state index contributed by atoms with van der Waals surface area (Å²) in [5.41, 5.74) is 2.25. The lowest BCUT2D eigenvalue weighted by atomic mass is 10.3. The summed E-state index contributed by atoms with van der Waals surface area (Å²) in [6.07, 6.45) is 1.25. The highest BCUT2D eigenvalue weighted by atomic mass is 79.9. The summed E-state index contributed by atoms with van der Waals surface area (Å²) >= 11 is 3.22. The molecule has 1 heterocycles. The number of hydrogen-bond donors (Lipinski definition) is 2. The molecular weight excluding hydrogens is 319 g/mol. The molecular formula is C12H10BrFN2O3. The second-order valence-electron chi connectivity index (χ2n) is 3.64. The molecule has 2 aromatic rings. The first-order valence-corrected chi connectivity index (χ1v) is 6.05. The summed E-state index contributed by atoms with van der Waals surface area (Å²) < 4.78 is 24.5. The van der Waals surface area contributed by atoms with Crippen LogP contribution in [0.3, 0.4) is 0 Å². The Morgan fingerprint density at radius 1 is 1.47 bits per heavy atom. The SMILES string of the molecule is NNC(=O)c1coc(COc2cc(Br)ccc2F)c1. The van der Waals surface area contributed by atoms with Gasteiger partial charge in [-0.15, -0.1) is 0 Å². The lowest BCUT2D eigenvalue weighted by Gasteiger charge is -2.05. The second kappa shape index (κ2) is 5.85. The number of hydrogen-bond acceptors (Lipinski definition) is 4. The van der Waals surface area contributed by atoms with Crippen molar-refractivity contribution < 1.29 is 18.3 Å². The summed E-state index contributed by atoms with van der Waals surface area (Å²) in [4.78, 5) is 11.2. The molecule has 19 heavy (non-hydrogen) atoms. The number of furan rings is 1. The van der Waals surface area contributed by atoms with Gasteiger partial charge in [-0.05, 0) is 24.3 Å². The zero-order chi connectivity index (χ0) is 13.8. The Labute approximate surface area is 116 Å². The number of rotatable bonds is 4. The average molecular weight is 329 g/mol. The molecule has 0 fully saturated rings. The maximum absolute atomic E-state index is 13.4. The summed E-state index contributed by atoms with van der Waals surface area (Å²) in [5.74, 6) is 4.52. The zero-order valence-electron chi connectivity index (χ0n) is 9.65. The molecule has 7 heteroatoms. The standard InChI is InChI=1S/C12H10BrFN2O3/c13-8-1-2-10(14)11(4-8)19-6-9-3-7(5-18-9)12(17)16-15/h1-5H,6,15H2,(H,16,17). The van der Waals surface area contributed by atoms with Gasteiger partial charge in [-0.1, -0.05) is 15.9 Å². The van der Waals surface area contributed by atoms with Crippen LogP contribution in [-0.4, -0.2) is 5.91 Å². The highest BCUT2D eigenvalue weighted by Gasteiger charge is 2.10. The number of amides is 1. The first-order chi connectivity index (χ1) is 9.10. The van der Waals surface area contributed by atoms with Crippen LogP contribution < -0.4 is 16.0 Å². The van der Waals surface area contributed by atoms with Crippen molar-refractivity contribution in [1.29, 1.82) is 0 Å². The van der Waals surface area contributed by atoms with Gasteiger partial charge in [-0.2, -0.15) is 0 Å². The van der Waals surface area contributed by atoms with Crippen LogP contribution in [0.5, 0.6) is 5.75 Å². The first kappa shape index (κ1) is 13.6. The van der Waals surface area contributed by atoms with Crippen LogP contribution in [0.15, 0.2) is 39.4 Å². The Balaban J connectivity index is 2.04. The van der Waals surface area contributed by atoms with Gasteiger partial charge in [0, 0.05) is 4.47 Å². The van der Waals surface area contributed by atoms with Gasteiger partial charge < -0.3 is 9.15 Å². The molecule has 0 saturated carbocycles. The molecule has 100 valence electrons. The van der Waals surface area contributed by atoms with Gasteiger partial charge in [0.2, 0.25) is 0 Å². The van der Waals surface area contributed by atoms with E-state index in [-0.39, 0.29) is 17.9 Å². The molecule has 0 spiro atoms. The predicted octanol–water partition coefficient (Wildman–Crippen LogP) is 2.36. The molecule has 1 aromatic carbocycles. The van der Waals surface area contributed by atoms with E-state index in [0.717, 1.165) is 0 Å². The Morgan fingerprint density at radius 3 is 3.00 bits per heavy atom. The molecule has 0 unspecified atom stereocenters. The van der Waals surface area contributed by atoms with Crippen LogP contribution in [0, 0.1) is 5.82 Å². The van der Waals surface area contributed by atoms with Gasteiger partial charge in [0.05, 0.1) is 5.56 Å². The molecule has 0 bridgehead atoms. The van der Waals surface area contributed by atoms with Crippen LogP contribution in [0.4, 0.5) is 4.39 Å². The Kier molecular flexibility index (Phi) is 4.18. The lowest BCUT2D eigenvalue weighted by Crippen LogP contribution is -2.29. The van der Waals surface area contributed by atoms with Crippen LogP contribution in [0.25, 0.3) is 0 Å². The van der Waals surface area contributed by atoms with Gasteiger partial charge >= 0.3 is 0 Å². The van der Waals surface area contributed by atoms with Crippen molar-refractivity contribution in [2.45, 2.75) is 6.61 Å².